The zero-order chi connectivity index (χ0) is 17.6. The molecule has 1 aromatic rings. The minimum absolute atomic E-state index is 0.0582. The van der Waals surface area contributed by atoms with Gasteiger partial charge < -0.3 is 16.8 Å². The third kappa shape index (κ3) is 4.81. The van der Waals surface area contributed by atoms with Gasteiger partial charge in [-0.3, -0.25) is 19.1 Å². The number of hydrogen-bond donors (Lipinski definition) is 3. The summed E-state index contributed by atoms with van der Waals surface area (Å²) in [7, 11) is 0. The van der Waals surface area contributed by atoms with E-state index in [0.29, 0.717) is 19.4 Å². The minimum atomic E-state index is -1.51. The van der Waals surface area contributed by atoms with Crippen molar-refractivity contribution in [3.63, 3.8) is 0 Å². The molecule has 1 heterocycles. The highest BCUT2D eigenvalue weighted by Crippen LogP contribution is 2.15. The van der Waals surface area contributed by atoms with Crippen LogP contribution >= 0.6 is 0 Å². The van der Waals surface area contributed by atoms with Crippen molar-refractivity contribution in [2.75, 3.05) is 0 Å². The number of nitrogens with zero attached hydrogens (tertiary/aromatic N) is 3. The van der Waals surface area contributed by atoms with Crippen molar-refractivity contribution in [2.45, 2.75) is 45.7 Å². The summed E-state index contributed by atoms with van der Waals surface area (Å²) < 4.78 is 1.72. The van der Waals surface area contributed by atoms with Crippen molar-refractivity contribution in [1.82, 2.24) is 15.1 Å². The van der Waals surface area contributed by atoms with Gasteiger partial charge in [0.25, 0.3) is 0 Å². The minimum Gasteiger partial charge on any atom is -0.367 e. The summed E-state index contributed by atoms with van der Waals surface area (Å²) in [5.74, 6) is -2.50. The Kier molecular flexibility index (Phi) is 6.26. The fourth-order valence-electron chi connectivity index (χ4n) is 2.22. The topological polar surface area (TPSA) is 157 Å². The van der Waals surface area contributed by atoms with Crippen LogP contribution in [-0.2, 0) is 27.3 Å². The van der Waals surface area contributed by atoms with Crippen molar-refractivity contribution >= 4 is 17.7 Å². The number of nitrogens with two attached hydrogens (primary N) is 2. The number of amides is 3. The fraction of sp³-hybridized carbons (Fsp3) is 0.500. The Hall–Kier alpha value is -2.89. The maximum absolute atomic E-state index is 11.8. The quantitative estimate of drug-likeness (QED) is 0.513. The molecule has 1 rings (SSSR count). The van der Waals surface area contributed by atoms with E-state index in [1.165, 1.54) is 0 Å². The van der Waals surface area contributed by atoms with Gasteiger partial charge in [0.1, 0.15) is 0 Å². The summed E-state index contributed by atoms with van der Waals surface area (Å²) in [4.78, 5) is 33.9. The predicted molar refractivity (Wildman–Crippen MR) is 80.6 cm³/mol. The van der Waals surface area contributed by atoms with Crippen molar-refractivity contribution in [3.05, 3.63) is 17.0 Å². The van der Waals surface area contributed by atoms with Gasteiger partial charge in [0.05, 0.1) is 24.7 Å². The zero-order valence-electron chi connectivity index (χ0n) is 13.1. The first-order valence-electron chi connectivity index (χ1n) is 7.05. The molecule has 0 saturated heterocycles. The maximum atomic E-state index is 11.8. The van der Waals surface area contributed by atoms with Crippen LogP contribution in [0.1, 0.15) is 29.8 Å². The Morgan fingerprint density at radius 1 is 1.30 bits per heavy atom. The van der Waals surface area contributed by atoms with Crippen molar-refractivity contribution < 1.29 is 14.4 Å². The van der Waals surface area contributed by atoms with Gasteiger partial charge in [-0.2, -0.15) is 10.4 Å². The Morgan fingerprint density at radius 2 is 1.91 bits per heavy atom. The Labute approximate surface area is 133 Å². The number of nitrogens with one attached hydrogen (secondary N) is 1. The highest BCUT2D eigenvalue weighted by atomic mass is 16.2. The summed E-state index contributed by atoms with van der Waals surface area (Å²) in [5, 5.41) is 15.2. The third-order valence-electron chi connectivity index (χ3n) is 3.44. The maximum Gasteiger partial charge on any atom is 0.249 e. The average molecular weight is 320 g/mol. The summed E-state index contributed by atoms with van der Waals surface area (Å²) in [6.07, 6.45) is 0.795. The van der Waals surface area contributed by atoms with Crippen LogP contribution in [0.3, 0.4) is 0 Å². The highest BCUT2D eigenvalue weighted by Gasteiger charge is 2.23. The highest BCUT2D eigenvalue weighted by molar-refractivity contribution is 6.05. The van der Waals surface area contributed by atoms with E-state index in [0.717, 1.165) is 17.0 Å². The van der Waals surface area contributed by atoms with E-state index in [1.807, 2.05) is 13.8 Å². The number of primary amides is 2. The van der Waals surface area contributed by atoms with Gasteiger partial charge in [-0.15, -0.1) is 0 Å². The van der Waals surface area contributed by atoms with E-state index < -0.39 is 23.8 Å². The van der Waals surface area contributed by atoms with Crippen LogP contribution in [0.2, 0.25) is 0 Å². The number of aromatic nitrogens is 2. The molecule has 0 atom stereocenters. The number of rotatable bonds is 8. The van der Waals surface area contributed by atoms with Crippen LogP contribution in [0.25, 0.3) is 0 Å². The van der Waals surface area contributed by atoms with Crippen LogP contribution in [-0.4, -0.2) is 33.5 Å². The molecule has 0 aromatic carbocycles. The summed E-state index contributed by atoms with van der Waals surface area (Å²) in [6.45, 7) is 4.17. The molecule has 23 heavy (non-hydrogen) atoms. The van der Waals surface area contributed by atoms with Crippen molar-refractivity contribution in [3.8, 4) is 6.07 Å². The number of hydrogen-bond acceptors (Lipinski definition) is 5. The van der Waals surface area contributed by atoms with Crippen molar-refractivity contribution in [2.24, 2.45) is 11.5 Å². The average Bonchev–Trinajstić information content (AvgIpc) is 2.74. The monoisotopic (exact) mass is 320 g/mol. The van der Waals surface area contributed by atoms with E-state index in [1.54, 1.807) is 4.68 Å². The van der Waals surface area contributed by atoms with Crippen LogP contribution in [0.5, 0.6) is 0 Å². The molecular formula is C14H20N6O3. The molecule has 0 spiro atoms. The van der Waals surface area contributed by atoms with E-state index in [9.17, 15) is 14.4 Å². The van der Waals surface area contributed by atoms with E-state index >= 15 is 0 Å². The van der Waals surface area contributed by atoms with Gasteiger partial charge in [0, 0.05) is 12.1 Å². The van der Waals surface area contributed by atoms with Crippen LogP contribution in [0, 0.1) is 25.2 Å². The zero-order valence-corrected chi connectivity index (χ0v) is 13.1. The SMILES string of the molecule is Cc1nn(CCC#N)c(C)c1CCC(=O)NC(C(N)=O)C(N)=O. The smallest absolute Gasteiger partial charge is 0.249 e. The van der Waals surface area contributed by atoms with E-state index in [4.69, 9.17) is 16.7 Å². The molecule has 1 aromatic heterocycles. The van der Waals surface area contributed by atoms with E-state index in [2.05, 4.69) is 16.5 Å². The summed E-state index contributed by atoms with van der Waals surface area (Å²) >= 11 is 0. The second-order valence-electron chi connectivity index (χ2n) is 5.09. The Morgan fingerprint density at radius 3 is 2.43 bits per heavy atom. The molecule has 0 aliphatic rings. The van der Waals surface area contributed by atoms with Gasteiger partial charge in [-0.1, -0.05) is 0 Å². The molecule has 3 amide bonds. The first kappa shape index (κ1) is 18.2. The van der Waals surface area contributed by atoms with Crippen molar-refractivity contribution in [1.29, 1.82) is 5.26 Å². The lowest BCUT2D eigenvalue weighted by molar-refractivity contribution is -0.133. The molecule has 124 valence electrons. The largest absolute Gasteiger partial charge is 0.367 e. The first-order chi connectivity index (χ1) is 10.8. The van der Waals surface area contributed by atoms with Crippen LogP contribution in [0.15, 0.2) is 0 Å². The molecule has 0 fully saturated rings. The number of aryl methyl sites for hydroxylation is 2. The lowest BCUT2D eigenvalue weighted by atomic mass is 10.1. The second kappa shape index (κ2) is 7.93. The summed E-state index contributed by atoms with van der Waals surface area (Å²) in [5.41, 5.74) is 12.5. The summed E-state index contributed by atoms with van der Waals surface area (Å²) in [6, 6.07) is 0.542. The van der Waals surface area contributed by atoms with Crippen LogP contribution in [0.4, 0.5) is 0 Å². The second-order valence-corrected chi connectivity index (χ2v) is 5.09. The molecule has 0 saturated carbocycles. The molecule has 0 aliphatic carbocycles. The molecule has 0 bridgehead atoms. The van der Waals surface area contributed by atoms with Crippen LogP contribution < -0.4 is 16.8 Å². The fourth-order valence-corrected chi connectivity index (χ4v) is 2.22. The number of carbonyl (C=O) groups is 3. The van der Waals surface area contributed by atoms with Gasteiger partial charge in [-0.25, -0.2) is 0 Å². The van der Waals surface area contributed by atoms with Gasteiger partial charge in [0.2, 0.25) is 17.7 Å². The molecule has 0 aliphatic heterocycles. The standard InChI is InChI=1S/C14H20N6O3/c1-8-10(9(2)20(19-8)7-3-6-15)4-5-11(21)18-12(13(16)22)14(17)23/h12H,3-5,7H2,1-2H3,(H2,16,22)(H2,17,23)(H,18,21). The first-order valence-corrected chi connectivity index (χ1v) is 7.05. The molecule has 0 unspecified atom stereocenters. The normalized spacial score (nSPS) is 10.3. The lowest BCUT2D eigenvalue weighted by Gasteiger charge is -2.11. The molecule has 9 nitrogen and oxygen atoms in total. The van der Waals surface area contributed by atoms with Gasteiger partial charge in [0.15, 0.2) is 6.04 Å². The van der Waals surface area contributed by atoms with E-state index in [-0.39, 0.29) is 6.42 Å². The van der Waals surface area contributed by atoms with Gasteiger partial charge >= 0.3 is 0 Å². The Balaban J connectivity index is 2.69. The molecular weight excluding hydrogens is 300 g/mol. The number of nitriles is 1. The molecule has 9 heteroatoms. The number of carbonyl (C=O) groups excluding carboxylic acids is 3. The predicted octanol–water partition coefficient (Wildman–Crippen LogP) is -1.20. The van der Waals surface area contributed by atoms with Gasteiger partial charge in [-0.05, 0) is 25.8 Å². The molecule has 5 N–H and O–H groups in total. The molecule has 0 radical (unpaired) electrons. The Bertz CT molecular complexity index is 644. The lowest BCUT2D eigenvalue weighted by Crippen LogP contribution is -2.52. The third-order valence-corrected chi connectivity index (χ3v) is 3.44.